The fraction of sp³-hybridized carbons (Fsp3) is 0.444. The minimum atomic E-state index is -0.848. The van der Waals surface area contributed by atoms with Gasteiger partial charge in [0, 0.05) is 18.7 Å². The van der Waals surface area contributed by atoms with Crippen molar-refractivity contribution in [2.24, 2.45) is 0 Å². The lowest BCUT2D eigenvalue weighted by molar-refractivity contribution is 0.000733. The van der Waals surface area contributed by atoms with Crippen LogP contribution in [0.15, 0.2) is 21.9 Å². The Hall–Kier alpha value is -1.44. The molecular weight excluding hydrogens is 217 g/mol. The maximum absolute atomic E-state index is 11.4. The molecule has 1 saturated heterocycles. The molecule has 16 heavy (non-hydrogen) atoms. The molecule has 87 valence electrons. The minimum Gasteiger partial charge on any atom is -0.394 e. The van der Waals surface area contributed by atoms with Crippen molar-refractivity contribution < 1.29 is 14.9 Å². The fourth-order valence-electron chi connectivity index (χ4n) is 1.54. The van der Waals surface area contributed by atoms with Gasteiger partial charge in [0.25, 0.3) is 5.56 Å². The lowest BCUT2D eigenvalue weighted by Crippen LogP contribution is -2.32. The summed E-state index contributed by atoms with van der Waals surface area (Å²) < 4.78 is 6.28. The van der Waals surface area contributed by atoms with Crippen LogP contribution in [0.25, 0.3) is 0 Å². The molecule has 2 atom stereocenters. The molecule has 2 heterocycles. The zero-order chi connectivity index (χ0) is 11.7. The summed E-state index contributed by atoms with van der Waals surface area (Å²) in [6.07, 6.45) is 0.0284. The van der Waals surface area contributed by atoms with Crippen molar-refractivity contribution in [2.45, 2.75) is 18.6 Å². The zero-order valence-electron chi connectivity index (χ0n) is 8.29. The lowest BCUT2D eigenvalue weighted by Gasteiger charge is -2.12. The predicted molar refractivity (Wildman–Crippen MR) is 52.5 cm³/mol. The van der Waals surface area contributed by atoms with E-state index in [1.165, 1.54) is 12.3 Å². The zero-order valence-corrected chi connectivity index (χ0v) is 8.29. The maximum Gasteiger partial charge on any atom is 0.330 e. The molecular formula is C9H11N2O5. The van der Waals surface area contributed by atoms with Crippen molar-refractivity contribution in [1.29, 1.82) is 0 Å². The number of aromatic amines is 1. The van der Waals surface area contributed by atoms with Crippen LogP contribution in [0.3, 0.4) is 0 Å². The summed E-state index contributed by atoms with van der Waals surface area (Å²) >= 11 is 0. The van der Waals surface area contributed by atoms with Crippen LogP contribution in [0.2, 0.25) is 0 Å². The summed E-state index contributed by atoms with van der Waals surface area (Å²) in [5.74, 6) is 0. The smallest absolute Gasteiger partial charge is 0.330 e. The molecule has 7 heteroatoms. The third-order valence-electron chi connectivity index (χ3n) is 2.37. The molecule has 0 amide bonds. The number of nitrogens with one attached hydrogen (secondary N) is 1. The van der Waals surface area contributed by atoms with Gasteiger partial charge < -0.3 is 14.9 Å². The highest BCUT2D eigenvalue weighted by molar-refractivity contribution is 4.99. The van der Waals surface area contributed by atoms with Crippen LogP contribution < -0.4 is 11.2 Å². The van der Waals surface area contributed by atoms with Gasteiger partial charge in [0.05, 0.1) is 12.7 Å². The standard InChI is InChI=1S/C9H11N2O5/c12-4-6-5(13)3-8(16-6)11-2-1-7(14)10-9(11)15/h1-2,5-6,12-13H,3-4H2,(H,10,14,15)/t5-,6-/m1/s1/i8+1. The van der Waals surface area contributed by atoms with Crippen LogP contribution >= 0.6 is 0 Å². The lowest BCUT2D eigenvalue weighted by atomic mass is 10.2. The van der Waals surface area contributed by atoms with Crippen molar-refractivity contribution in [2.75, 3.05) is 6.61 Å². The van der Waals surface area contributed by atoms with Gasteiger partial charge in [-0.05, 0) is 0 Å². The first-order valence-corrected chi connectivity index (χ1v) is 4.75. The topological polar surface area (TPSA) is 105 Å². The quantitative estimate of drug-likeness (QED) is 0.509. The van der Waals surface area contributed by atoms with Crippen molar-refractivity contribution in [1.82, 2.24) is 9.55 Å². The number of aliphatic hydroxyl groups is 2. The van der Waals surface area contributed by atoms with Crippen LogP contribution in [0.4, 0.5) is 0 Å². The highest BCUT2D eigenvalue weighted by Crippen LogP contribution is 2.25. The molecule has 0 aliphatic carbocycles. The number of aromatic nitrogens is 2. The summed E-state index contributed by atoms with van der Waals surface area (Å²) in [6, 6.07) is 1.18. The molecule has 3 N–H and O–H groups in total. The molecule has 2 rings (SSSR count). The van der Waals surface area contributed by atoms with E-state index in [1.54, 1.807) is 0 Å². The molecule has 1 fully saturated rings. The molecule has 0 saturated carbocycles. The Kier molecular flexibility index (Phi) is 2.90. The first-order valence-electron chi connectivity index (χ1n) is 4.75. The van der Waals surface area contributed by atoms with Gasteiger partial charge in [-0.15, -0.1) is 0 Å². The Bertz CT molecular complexity index is 479. The predicted octanol–water partition coefficient (Wildman–Crippen LogP) is -1.98. The summed E-state index contributed by atoms with van der Waals surface area (Å²) in [7, 11) is 0. The van der Waals surface area contributed by atoms with Gasteiger partial charge in [-0.2, -0.15) is 0 Å². The largest absolute Gasteiger partial charge is 0.394 e. The van der Waals surface area contributed by atoms with Crippen LogP contribution in [-0.2, 0) is 4.74 Å². The first-order chi connectivity index (χ1) is 7.61. The molecule has 0 unspecified atom stereocenters. The van der Waals surface area contributed by atoms with Gasteiger partial charge in [-0.25, -0.2) is 4.79 Å². The number of hydrogen-bond acceptors (Lipinski definition) is 5. The third-order valence-corrected chi connectivity index (χ3v) is 2.37. The SMILES string of the molecule is O=c1ccn([13C]2C[C@@H](O)[C@@H](CO)O2)c(=O)[nH]1. The summed E-state index contributed by atoms with van der Waals surface area (Å²) in [6.45, 7) is -0.331. The van der Waals surface area contributed by atoms with Crippen LogP contribution in [0.1, 0.15) is 6.42 Å². The molecule has 1 aromatic heterocycles. The van der Waals surface area contributed by atoms with Crippen molar-refractivity contribution in [3.8, 4) is 0 Å². The number of rotatable bonds is 2. The monoisotopic (exact) mass is 228 g/mol. The number of H-pyrrole nitrogens is 1. The van der Waals surface area contributed by atoms with E-state index in [2.05, 4.69) is 4.98 Å². The van der Waals surface area contributed by atoms with E-state index in [1.807, 2.05) is 0 Å². The number of ether oxygens (including phenoxy) is 1. The normalized spacial score (nSPS) is 26.1. The molecule has 7 nitrogen and oxygen atoms in total. The van der Waals surface area contributed by atoms with E-state index >= 15 is 0 Å². The highest BCUT2D eigenvalue weighted by Gasteiger charge is 2.36. The van der Waals surface area contributed by atoms with Gasteiger partial charge in [0.15, 0.2) is 6.23 Å². The molecule has 1 aliphatic rings. The Balaban J connectivity index is 2.27. The molecule has 0 bridgehead atoms. The molecule has 1 aromatic rings. The second-order valence-electron chi connectivity index (χ2n) is 3.48. The Morgan fingerprint density at radius 3 is 2.88 bits per heavy atom. The van der Waals surface area contributed by atoms with Gasteiger partial charge in [-0.1, -0.05) is 0 Å². The second kappa shape index (κ2) is 4.20. The second-order valence-corrected chi connectivity index (χ2v) is 3.48. The first kappa shape index (κ1) is 11.1. The van der Waals surface area contributed by atoms with Crippen molar-refractivity contribution in [3.05, 3.63) is 39.3 Å². The van der Waals surface area contributed by atoms with Crippen molar-refractivity contribution >= 4 is 0 Å². The third kappa shape index (κ3) is 1.92. The number of nitrogens with zero attached hydrogens (tertiary/aromatic N) is 1. The average Bonchev–Trinajstić information content (AvgIpc) is 2.59. The summed E-state index contributed by atoms with van der Waals surface area (Å²) in [5.41, 5.74) is -1.13. The molecule has 1 aliphatic heterocycles. The number of aliphatic hydroxyl groups excluding tert-OH is 2. The maximum atomic E-state index is 11.4. The summed E-state index contributed by atoms with van der Waals surface area (Å²) in [5, 5.41) is 18.3. The molecule has 1 radical (unpaired) electrons. The van der Waals surface area contributed by atoms with E-state index < -0.39 is 23.5 Å². The van der Waals surface area contributed by atoms with Gasteiger partial charge in [-0.3, -0.25) is 14.3 Å². The van der Waals surface area contributed by atoms with Gasteiger partial charge in [0.2, 0.25) is 0 Å². The van der Waals surface area contributed by atoms with E-state index in [0.717, 1.165) is 4.57 Å². The van der Waals surface area contributed by atoms with Crippen molar-refractivity contribution in [3.63, 3.8) is 0 Å². The van der Waals surface area contributed by atoms with E-state index in [-0.39, 0.29) is 19.3 Å². The molecule has 0 aromatic carbocycles. The average molecular weight is 228 g/mol. The van der Waals surface area contributed by atoms with Crippen LogP contribution in [-0.4, -0.2) is 38.6 Å². The van der Waals surface area contributed by atoms with Crippen LogP contribution in [0, 0.1) is 6.23 Å². The van der Waals surface area contributed by atoms with E-state index in [0.29, 0.717) is 0 Å². The van der Waals surface area contributed by atoms with E-state index in [4.69, 9.17) is 9.84 Å². The fourth-order valence-corrected chi connectivity index (χ4v) is 1.54. The summed E-state index contributed by atoms with van der Waals surface area (Å²) in [4.78, 5) is 24.3. The molecule has 0 spiro atoms. The Labute approximate surface area is 89.9 Å². The minimum absolute atomic E-state index is 0.122. The van der Waals surface area contributed by atoms with Crippen LogP contribution in [0.5, 0.6) is 0 Å². The highest BCUT2D eigenvalue weighted by atomic mass is 16.6. The Morgan fingerprint density at radius 2 is 2.31 bits per heavy atom. The van der Waals surface area contributed by atoms with E-state index in [9.17, 15) is 14.7 Å². The number of hydrogen-bond donors (Lipinski definition) is 3. The van der Waals surface area contributed by atoms with Gasteiger partial charge in [0.1, 0.15) is 6.10 Å². The Morgan fingerprint density at radius 1 is 1.56 bits per heavy atom. The van der Waals surface area contributed by atoms with Gasteiger partial charge >= 0.3 is 5.69 Å².